The van der Waals surface area contributed by atoms with Gasteiger partial charge in [-0.05, 0) is 12.8 Å². The number of carbonyl (C=O) groups excluding carboxylic acids is 1. The largest absolute Gasteiger partial charge is 0.460 e. The van der Waals surface area contributed by atoms with E-state index in [1.54, 1.807) is 6.92 Å². The fourth-order valence-electron chi connectivity index (χ4n) is 1.60. The molecule has 0 amide bonds. The maximum atomic E-state index is 11.1. The summed E-state index contributed by atoms with van der Waals surface area (Å²) in [6.45, 7) is 15.0. The molecule has 0 aromatic carbocycles. The second-order valence-corrected chi connectivity index (χ2v) is 5.95. The Bertz CT molecular complexity index is 347. The molecule has 0 aliphatic carbocycles. The van der Waals surface area contributed by atoms with Crippen molar-refractivity contribution in [1.29, 1.82) is 0 Å². The molecule has 1 atom stereocenters. The molecule has 7 nitrogen and oxygen atoms in total. The fraction of sp³-hybridized carbons (Fsp3) is 0.842. The predicted molar refractivity (Wildman–Crippen MR) is 99.3 cm³/mol. The minimum absolute atomic E-state index is 0.220. The molecular weight excluding hydrogens is 340 g/mol. The van der Waals surface area contributed by atoms with Gasteiger partial charge >= 0.3 is 5.97 Å². The van der Waals surface area contributed by atoms with Gasteiger partial charge in [-0.3, -0.25) is 0 Å². The van der Waals surface area contributed by atoms with E-state index in [2.05, 4.69) is 20.4 Å². The first-order valence-corrected chi connectivity index (χ1v) is 9.29. The lowest BCUT2D eigenvalue weighted by molar-refractivity contribution is -0.140. The van der Waals surface area contributed by atoms with Crippen LogP contribution in [0.5, 0.6) is 0 Å². The third-order valence-electron chi connectivity index (χ3n) is 3.40. The zero-order valence-electron chi connectivity index (χ0n) is 16.6. The van der Waals surface area contributed by atoms with Gasteiger partial charge in [-0.15, -0.1) is 0 Å². The van der Waals surface area contributed by atoms with Gasteiger partial charge in [0.2, 0.25) is 0 Å². The van der Waals surface area contributed by atoms with E-state index in [1.807, 2.05) is 0 Å². The molecule has 0 N–H and O–H groups in total. The third kappa shape index (κ3) is 17.8. The van der Waals surface area contributed by atoms with E-state index in [0.717, 1.165) is 13.0 Å². The van der Waals surface area contributed by atoms with Gasteiger partial charge < -0.3 is 28.4 Å². The molecule has 0 bridgehead atoms. The third-order valence-corrected chi connectivity index (χ3v) is 3.40. The highest BCUT2D eigenvalue weighted by Crippen LogP contribution is 1.99. The highest BCUT2D eigenvalue weighted by atomic mass is 16.6. The predicted octanol–water partition coefficient (Wildman–Crippen LogP) is 2.23. The van der Waals surface area contributed by atoms with E-state index in [4.69, 9.17) is 28.4 Å². The lowest BCUT2D eigenvalue weighted by atomic mass is 10.1. The van der Waals surface area contributed by atoms with Crippen LogP contribution in [0.15, 0.2) is 12.2 Å². The Morgan fingerprint density at radius 2 is 1.15 bits per heavy atom. The van der Waals surface area contributed by atoms with Crippen LogP contribution in [0.3, 0.4) is 0 Å². The first-order valence-electron chi connectivity index (χ1n) is 9.29. The molecule has 0 radical (unpaired) electrons. The van der Waals surface area contributed by atoms with Gasteiger partial charge in [-0.2, -0.15) is 0 Å². The van der Waals surface area contributed by atoms with Crippen LogP contribution in [0, 0.1) is 5.92 Å². The van der Waals surface area contributed by atoms with Gasteiger partial charge in [0.1, 0.15) is 6.61 Å². The van der Waals surface area contributed by atoms with Crippen molar-refractivity contribution >= 4 is 5.97 Å². The number of rotatable bonds is 19. The van der Waals surface area contributed by atoms with E-state index in [1.165, 1.54) is 0 Å². The zero-order chi connectivity index (χ0) is 19.5. The van der Waals surface area contributed by atoms with Crippen LogP contribution in [0.2, 0.25) is 0 Å². The van der Waals surface area contributed by atoms with E-state index in [0.29, 0.717) is 71.0 Å². The number of hydrogen-bond acceptors (Lipinski definition) is 7. The van der Waals surface area contributed by atoms with Crippen LogP contribution in [-0.2, 0) is 33.2 Å². The zero-order valence-corrected chi connectivity index (χ0v) is 16.6. The first kappa shape index (κ1) is 25.0. The van der Waals surface area contributed by atoms with Crippen molar-refractivity contribution in [2.45, 2.75) is 27.2 Å². The molecule has 0 heterocycles. The summed E-state index contributed by atoms with van der Waals surface area (Å²) in [4.78, 5) is 11.1. The molecule has 0 spiro atoms. The van der Waals surface area contributed by atoms with Crippen LogP contribution in [0.4, 0.5) is 0 Å². The van der Waals surface area contributed by atoms with Crippen LogP contribution in [0.25, 0.3) is 0 Å². The molecule has 0 rings (SSSR count). The second-order valence-electron chi connectivity index (χ2n) is 5.95. The lowest BCUT2D eigenvalue weighted by Gasteiger charge is -2.10. The summed E-state index contributed by atoms with van der Waals surface area (Å²) in [7, 11) is 0. The van der Waals surface area contributed by atoms with Crippen molar-refractivity contribution in [3.63, 3.8) is 0 Å². The summed E-state index contributed by atoms with van der Waals surface area (Å²) in [5, 5.41) is 0. The van der Waals surface area contributed by atoms with Crippen molar-refractivity contribution in [3.05, 3.63) is 12.2 Å². The molecule has 26 heavy (non-hydrogen) atoms. The van der Waals surface area contributed by atoms with E-state index >= 15 is 0 Å². The fourth-order valence-corrected chi connectivity index (χ4v) is 1.60. The first-order chi connectivity index (χ1) is 12.6. The van der Waals surface area contributed by atoms with E-state index in [9.17, 15) is 4.79 Å². The number of hydrogen-bond donors (Lipinski definition) is 0. The molecule has 0 fully saturated rings. The number of ether oxygens (including phenoxy) is 6. The highest BCUT2D eigenvalue weighted by Gasteiger charge is 2.01. The molecule has 0 aromatic rings. The Morgan fingerprint density at radius 3 is 1.54 bits per heavy atom. The van der Waals surface area contributed by atoms with Crippen LogP contribution in [0.1, 0.15) is 27.2 Å². The molecular formula is C19H36O7. The van der Waals surface area contributed by atoms with Crippen LogP contribution in [-0.4, -0.2) is 78.6 Å². The minimum atomic E-state index is -0.399. The van der Waals surface area contributed by atoms with Crippen molar-refractivity contribution in [2.24, 2.45) is 5.92 Å². The van der Waals surface area contributed by atoms with Gasteiger partial charge in [0.15, 0.2) is 0 Å². The molecule has 0 aromatic heterocycles. The molecule has 7 heteroatoms. The summed E-state index contributed by atoms with van der Waals surface area (Å²) in [6, 6.07) is 0. The summed E-state index contributed by atoms with van der Waals surface area (Å²) < 4.78 is 31.8. The SMILES string of the molecule is C=C(C)C(=O)OCCOCCOCCOCCOCCOCC(C)CC. The van der Waals surface area contributed by atoms with Gasteiger partial charge in [0.05, 0.1) is 59.5 Å². The Balaban J connectivity index is 3.09. The van der Waals surface area contributed by atoms with Crippen molar-refractivity contribution in [2.75, 3.05) is 72.7 Å². The summed E-state index contributed by atoms with van der Waals surface area (Å²) in [6.07, 6.45) is 1.13. The monoisotopic (exact) mass is 376 g/mol. The minimum Gasteiger partial charge on any atom is -0.460 e. The molecule has 154 valence electrons. The molecule has 0 saturated heterocycles. The molecule has 0 saturated carbocycles. The van der Waals surface area contributed by atoms with Gasteiger partial charge in [-0.1, -0.05) is 26.8 Å². The Morgan fingerprint density at radius 1 is 0.769 bits per heavy atom. The number of carbonyl (C=O) groups is 1. The van der Waals surface area contributed by atoms with Gasteiger partial charge in [-0.25, -0.2) is 4.79 Å². The molecule has 0 aliphatic heterocycles. The second kappa shape index (κ2) is 18.8. The lowest BCUT2D eigenvalue weighted by Crippen LogP contribution is -2.15. The number of esters is 1. The normalized spacial score (nSPS) is 12.1. The summed E-state index contributed by atoms with van der Waals surface area (Å²) >= 11 is 0. The van der Waals surface area contributed by atoms with Crippen molar-refractivity contribution < 1.29 is 33.2 Å². The molecule has 0 aliphatic rings. The Kier molecular flexibility index (Phi) is 18.1. The van der Waals surface area contributed by atoms with Gasteiger partial charge in [0.25, 0.3) is 0 Å². The molecule has 1 unspecified atom stereocenters. The van der Waals surface area contributed by atoms with Gasteiger partial charge in [0, 0.05) is 12.2 Å². The average molecular weight is 376 g/mol. The van der Waals surface area contributed by atoms with Crippen molar-refractivity contribution in [3.8, 4) is 0 Å². The Labute approximate surface area is 157 Å². The maximum Gasteiger partial charge on any atom is 0.333 e. The topological polar surface area (TPSA) is 72.5 Å². The van der Waals surface area contributed by atoms with Crippen molar-refractivity contribution in [1.82, 2.24) is 0 Å². The van der Waals surface area contributed by atoms with Crippen LogP contribution >= 0.6 is 0 Å². The Hall–Kier alpha value is -0.990. The summed E-state index contributed by atoms with van der Waals surface area (Å²) in [5.41, 5.74) is 0.383. The average Bonchev–Trinajstić information content (AvgIpc) is 2.63. The van der Waals surface area contributed by atoms with E-state index < -0.39 is 5.97 Å². The quantitative estimate of drug-likeness (QED) is 0.194. The smallest absolute Gasteiger partial charge is 0.333 e. The maximum absolute atomic E-state index is 11.1. The standard InChI is InChI=1S/C19H36O7/c1-5-18(4)16-25-13-12-23-9-8-21-6-7-22-10-11-24-14-15-26-19(20)17(2)3/h18H,2,5-16H2,1,3-4H3. The highest BCUT2D eigenvalue weighted by molar-refractivity contribution is 5.86. The van der Waals surface area contributed by atoms with Crippen LogP contribution < -0.4 is 0 Å². The summed E-state index contributed by atoms with van der Waals surface area (Å²) in [5.74, 6) is 0.201. The van der Waals surface area contributed by atoms with E-state index in [-0.39, 0.29) is 6.61 Å².